The van der Waals surface area contributed by atoms with Gasteiger partial charge in [0.1, 0.15) is 9.75 Å². The Kier molecular flexibility index (Phi) is 15.0. The normalized spacial score (nSPS) is 10.3. The number of hydrogen-bond acceptors (Lipinski definition) is 9. The molecule has 1 heterocycles. The van der Waals surface area contributed by atoms with Gasteiger partial charge in [-0.1, -0.05) is 13.2 Å². The van der Waals surface area contributed by atoms with E-state index in [2.05, 4.69) is 13.2 Å². The lowest BCUT2D eigenvalue weighted by Crippen LogP contribution is -2.07. The third kappa shape index (κ3) is 13.5. The molecule has 0 fully saturated rings. The molecule has 1 aromatic heterocycles. The molecule has 8 nitrogen and oxygen atoms in total. The molecule has 1 aromatic rings. The van der Waals surface area contributed by atoms with E-state index in [9.17, 15) is 19.2 Å². The van der Waals surface area contributed by atoms with Crippen molar-refractivity contribution in [2.75, 3.05) is 26.4 Å². The number of unbranched alkanes of at least 4 members (excludes halogenated alkanes) is 6. The summed E-state index contributed by atoms with van der Waals surface area (Å²) >= 11 is 1.05. The van der Waals surface area contributed by atoms with Crippen molar-refractivity contribution in [1.29, 1.82) is 0 Å². The molecule has 0 aliphatic heterocycles. The van der Waals surface area contributed by atoms with E-state index in [1.807, 2.05) is 0 Å². The van der Waals surface area contributed by atoms with Gasteiger partial charge in [-0.15, -0.1) is 11.3 Å². The summed E-state index contributed by atoms with van der Waals surface area (Å²) in [5, 5.41) is 0. The van der Waals surface area contributed by atoms with E-state index in [-0.39, 0.29) is 25.2 Å². The molecule has 0 atom stereocenters. The van der Waals surface area contributed by atoms with Gasteiger partial charge in [-0.3, -0.25) is 0 Å². The van der Waals surface area contributed by atoms with Crippen LogP contribution in [0.25, 0.3) is 0 Å². The van der Waals surface area contributed by atoms with E-state index in [1.54, 1.807) is 26.0 Å². The molecule has 1 rings (SSSR count). The van der Waals surface area contributed by atoms with Gasteiger partial charge in [-0.25, -0.2) is 19.2 Å². The summed E-state index contributed by atoms with van der Waals surface area (Å²) in [4.78, 5) is 47.5. The predicted octanol–water partition coefficient (Wildman–Crippen LogP) is 5.42. The average molecular weight is 509 g/mol. The first-order valence-corrected chi connectivity index (χ1v) is 12.6. The van der Waals surface area contributed by atoms with Crippen molar-refractivity contribution in [1.82, 2.24) is 0 Å². The summed E-state index contributed by atoms with van der Waals surface area (Å²) in [6.45, 7) is 11.5. The van der Waals surface area contributed by atoms with Gasteiger partial charge >= 0.3 is 23.9 Å². The van der Waals surface area contributed by atoms with Crippen LogP contribution >= 0.6 is 11.3 Å². The molecule has 0 saturated heterocycles. The second-order valence-electron chi connectivity index (χ2n) is 8.10. The highest BCUT2D eigenvalue weighted by atomic mass is 32.1. The van der Waals surface area contributed by atoms with Crippen LogP contribution in [0.15, 0.2) is 36.4 Å². The predicted molar refractivity (Wildman–Crippen MR) is 133 cm³/mol. The van der Waals surface area contributed by atoms with Gasteiger partial charge in [0.25, 0.3) is 0 Å². The maximum Gasteiger partial charge on any atom is 0.348 e. The lowest BCUT2D eigenvalue weighted by Gasteiger charge is -2.05. The fourth-order valence-corrected chi connectivity index (χ4v) is 3.51. The minimum Gasteiger partial charge on any atom is -0.462 e. The van der Waals surface area contributed by atoms with Crippen LogP contribution in [-0.2, 0) is 28.5 Å². The summed E-state index contributed by atoms with van der Waals surface area (Å²) in [6.07, 6.45) is 6.31. The Morgan fingerprint density at radius 1 is 0.600 bits per heavy atom. The molecule has 0 amide bonds. The van der Waals surface area contributed by atoms with Crippen molar-refractivity contribution in [3.63, 3.8) is 0 Å². The standard InChI is InChI=1S/C26H36O8S/c1-19(2)23(27)31-15-9-5-7-11-17-33-25(29)21-13-14-22(35-21)26(30)34-18-12-8-6-10-16-32-24(28)20(3)4/h13-14H,1,3,5-12,15-18H2,2,4H3. The van der Waals surface area contributed by atoms with Gasteiger partial charge in [0, 0.05) is 11.1 Å². The van der Waals surface area contributed by atoms with Gasteiger partial charge in [0.05, 0.1) is 26.4 Å². The number of ether oxygens (including phenoxy) is 4. The molecule has 0 bridgehead atoms. The minimum absolute atomic E-state index is 0.286. The van der Waals surface area contributed by atoms with E-state index in [0.717, 1.165) is 49.9 Å². The molecule has 0 unspecified atom stereocenters. The van der Waals surface area contributed by atoms with E-state index in [4.69, 9.17) is 18.9 Å². The van der Waals surface area contributed by atoms with Crippen LogP contribution in [0.3, 0.4) is 0 Å². The minimum atomic E-state index is -0.461. The first-order valence-electron chi connectivity index (χ1n) is 11.8. The molecular weight excluding hydrogens is 472 g/mol. The summed E-state index contributed by atoms with van der Waals surface area (Å²) in [5.74, 6) is -1.68. The Labute approximate surface area is 211 Å². The Hall–Kier alpha value is -2.94. The highest BCUT2D eigenvalue weighted by Crippen LogP contribution is 2.19. The summed E-state index contributed by atoms with van der Waals surface area (Å²) in [6, 6.07) is 3.12. The number of carbonyl (C=O) groups is 4. The molecule has 0 spiro atoms. The zero-order chi connectivity index (χ0) is 26.1. The highest BCUT2D eigenvalue weighted by molar-refractivity contribution is 7.15. The van der Waals surface area contributed by atoms with E-state index >= 15 is 0 Å². The molecule has 9 heteroatoms. The van der Waals surface area contributed by atoms with Gasteiger partial charge in [-0.05, 0) is 77.3 Å². The Bertz CT molecular complexity index is 802. The van der Waals surface area contributed by atoms with Crippen LogP contribution in [0.2, 0.25) is 0 Å². The monoisotopic (exact) mass is 508 g/mol. The van der Waals surface area contributed by atoms with Crippen molar-refractivity contribution in [2.24, 2.45) is 0 Å². The van der Waals surface area contributed by atoms with Gasteiger partial charge in [0.2, 0.25) is 0 Å². The molecule has 194 valence electrons. The molecule has 0 aliphatic carbocycles. The van der Waals surface area contributed by atoms with E-state index in [0.29, 0.717) is 47.0 Å². The number of esters is 4. The van der Waals surface area contributed by atoms with Crippen LogP contribution in [0.4, 0.5) is 0 Å². The second-order valence-corrected chi connectivity index (χ2v) is 9.18. The SMILES string of the molecule is C=C(C)C(=O)OCCCCCCOC(=O)c1ccc(C(=O)OCCCCCCOC(=O)C(=C)C)s1. The Morgan fingerprint density at radius 2 is 0.914 bits per heavy atom. The highest BCUT2D eigenvalue weighted by Gasteiger charge is 2.16. The van der Waals surface area contributed by atoms with Crippen molar-refractivity contribution in [3.05, 3.63) is 46.2 Å². The van der Waals surface area contributed by atoms with E-state index < -0.39 is 11.9 Å². The van der Waals surface area contributed by atoms with Gasteiger partial charge in [-0.2, -0.15) is 0 Å². The van der Waals surface area contributed by atoms with Crippen LogP contribution < -0.4 is 0 Å². The first-order chi connectivity index (χ1) is 16.7. The van der Waals surface area contributed by atoms with Crippen LogP contribution in [-0.4, -0.2) is 50.3 Å². The Balaban J connectivity index is 2.11. The molecule has 0 saturated carbocycles. The summed E-state index contributed by atoms with van der Waals surface area (Å²) in [7, 11) is 0. The average Bonchev–Trinajstić information content (AvgIpc) is 3.32. The maximum atomic E-state index is 12.2. The summed E-state index contributed by atoms with van der Waals surface area (Å²) in [5.41, 5.74) is 0.767. The number of thiophene rings is 1. The zero-order valence-corrected chi connectivity index (χ0v) is 21.5. The largest absolute Gasteiger partial charge is 0.462 e. The molecule has 0 N–H and O–H groups in total. The second kappa shape index (κ2) is 17.5. The molecule has 0 radical (unpaired) electrons. The number of hydrogen-bond donors (Lipinski definition) is 0. The molecule has 0 aliphatic rings. The molecule has 35 heavy (non-hydrogen) atoms. The molecular formula is C26H36O8S. The topological polar surface area (TPSA) is 105 Å². The fraction of sp³-hybridized carbons (Fsp3) is 0.538. The number of rotatable bonds is 18. The van der Waals surface area contributed by atoms with Gasteiger partial charge < -0.3 is 18.9 Å². The lowest BCUT2D eigenvalue weighted by atomic mass is 10.2. The van der Waals surface area contributed by atoms with Crippen LogP contribution in [0, 0.1) is 0 Å². The molecule has 0 aromatic carbocycles. The fourth-order valence-electron chi connectivity index (χ4n) is 2.72. The third-order valence-corrected chi connectivity index (χ3v) is 5.76. The number of carbonyl (C=O) groups excluding carboxylic acids is 4. The van der Waals surface area contributed by atoms with Gasteiger partial charge in [0.15, 0.2) is 0 Å². The summed E-state index contributed by atoms with van der Waals surface area (Å²) < 4.78 is 20.5. The quantitative estimate of drug-likeness (QED) is 0.112. The van der Waals surface area contributed by atoms with Crippen molar-refractivity contribution in [2.45, 2.75) is 65.2 Å². The first kappa shape index (κ1) is 30.1. The zero-order valence-electron chi connectivity index (χ0n) is 20.7. The maximum absolute atomic E-state index is 12.2. The Morgan fingerprint density at radius 3 is 1.23 bits per heavy atom. The van der Waals surface area contributed by atoms with E-state index in [1.165, 1.54) is 0 Å². The smallest absolute Gasteiger partial charge is 0.348 e. The van der Waals surface area contributed by atoms with Crippen LogP contribution in [0.5, 0.6) is 0 Å². The van der Waals surface area contributed by atoms with Crippen molar-refractivity contribution in [3.8, 4) is 0 Å². The third-order valence-electron chi connectivity index (χ3n) is 4.72. The van der Waals surface area contributed by atoms with Crippen molar-refractivity contribution >= 4 is 35.2 Å². The van der Waals surface area contributed by atoms with Crippen LogP contribution in [0.1, 0.15) is 84.6 Å². The van der Waals surface area contributed by atoms with Crippen molar-refractivity contribution < 1.29 is 38.1 Å². The lowest BCUT2D eigenvalue weighted by molar-refractivity contribution is -0.139.